The molecular weight excluding hydrogens is 492 g/mol. The maximum Gasteiger partial charge on any atom is 0.343 e. The molecule has 2 aromatic heterocycles. The molecule has 5 rings (SSSR count). The monoisotopic (exact) mass is 522 g/mol. The first kappa shape index (κ1) is 25.9. The number of aromatic amines is 1. The molecule has 0 saturated carbocycles. The van der Waals surface area contributed by atoms with Crippen molar-refractivity contribution in [2.24, 2.45) is 0 Å². The number of amides is 1. The summed E-state index contributed by atoms with van der Waals surface area (Å²) in [5.41, 5.74) is 4.54. The smallest absolute Gasteiger partial charge is 0.343 e. The molecule has 5 aromatic rings. The number of ether oxygens (including phenoxy) is 1. The van der Waals surface area contributed by atoms with E-state index in [-0.39, 0.29) is 17.2 Å². The molecule has 3 aromatic carbocycles. The van der Waals surface area contributed by atoms with Gasteiger partial charge in [-0.15, -0.1) is 0 Å². The average Bonchev–Trinajstić information content (AvgIpc) is 3.29. The van der Waals surface area contributed by atoms with Crippen molar-refractivity contribution in [3.05, 3.63) is 129 Å². The standard InChI is InChI=1S/C32H30N2O5/c1-19-12-14-21(15-13-19)28(29-26(35)18-20(2)39-32(29)37)30-23(22-8-4-6-10-25(22)34-30)16-17-33-31(36)24-9-5-7-11-27(24)38-3/h4-15,18,28,34-35H,16-17H2,1-3H3,(H,33,36). The van der Waals surface area contributed by atoms with Crippen LogP contribution in [0.1, 0.15) is 50.0 Å². The molecule has 0 radical (unpaired) electrons. The summed E-state index contributed by atoms with van der Waals surface area (Å²) in [5, 5.41) is 14.9. The highest BCUT2D eigenvalue weighted by Gasteiger charge is 2.29. The molecule has 0 bridgehead atoms. The van der Waals surface area contributed by atoms with Gasteiger partial charge in [0.15, 0.2) is 0 Å². The second kappa shape index (κ2) is 10.9. The zero-order chi connectivity index (χ0) is 27.5. The fraction of sp³-hybridized carbons (Fsp3) is 0.188. The van der Waals surface area contributed by atoms with Crippen LogP contribution in [0.5, 0.6) is 11.5 Å². The van der Waals surface area contributed by atoms with E-state index in [0.717, 1.165) is 33.3 Å². The zero-order valence-corrected chi connectivity index (χ0v) is 22.1. The number of methoxy groups -OCH3 is 1. The van der Waals surface area contributed by atoms with Crippen molar-refractivity contribution in [1.29, 1.82) is 0 Å². The van der Waals surface area contributed by atoms with Crippen molar-refractivity contribution in [2.45, 2.75) is 26.2 Å². The number of aromatic nitrogens is 1. The molecule has 39 heavy (non-hydrogen) atoms. The molecule has 198 valence electrons. The van der Waals surface area contributed by atoms with Crippen LogP contribution in [0.4, 0.5) is 0 Å². The van der Waals surface area contributed by atoms with Gasteiger partial charge in [-0.3, -0.25) is 4.79 Å². The van der Waals surface area contributed by atoms with E-state index in [0.29, 0.717) is 30.0 Å². The van der Waals surface area contributed by atoms with Gasteiger partial charge >= 0.3 is 5.63 Å². The van der Waals surface area contributed by atoms with E-state index in [1.54, 1.807) is 25.1 Å². The average molecular weight is 523 g/mol. The third kappa shape index (κ3) is 5.16. The van der Waals surface area contributed by atoms with Crippen molar-refractivity contribution < 1.29 is 19.1 Å². The molecule has 7 nitrogen and oxygen atoms in total. The lowest BCUT2D eigenvalue weighted by Gasteiger charge is -2.20. The summed E-state index contributed by atoms with van der Waals surface area (Å²) in [4.78, 5) is 29.6. The number of hydrogen-bond acceptors (Lipinski definition) is 5. The minimum absolute atomic E-state index is 0.122. The third-order valence-electron chi connectivity index (χ3n) is 6.94. The minimum atomic E-state index is -0.616. The van der Waals surface area contributed by atoms with Crippen molar-refractivity contribution >= 4 is 16.8 Å². The van der Waals surface area contributed by atoms with E-state index < -0.39 is 11.5 Å². The highest BCUT2D eigenvalue weighted by molar-refractivity contribution is 5.97. The van der Waals surface area contributed by atoms with Crippen LogP contribution < -0.4 is 15.7 Å². The summed E-state index contributed by atoms with van der Waals surface area (Å²) in [6.07, 6.45) is 0.487. The van der Waals surface area contributed by atoms with Gasteiger partial charge in [-0.25, -0.2) is 4.79 Å². The molecule has 0 fully saturated rings. The Balaban J connectivity index is 1.58. The third-order valence-corrected chi connectivity index (χ3v) is 6.94. The lowest BCUT2D eigenvalue weighted by Crippen LogP contribution is -2.26. The second-order valence-corrected chi connectivity index (χ2v) is 9.56. The predicted molar refractivity (Wildman–Crippen MR) is 151 cm³/mol. The van der Waals surface area contributed by atoms with Gasteiger partial charge in [0.1, 0.15) is 17.3 Å². The van der Waals surface area contributed by atoms with E-state index in [9.17, 15) is 14.7 Å². The highest BCUT2D eigenvalue weighted by Crippen LogP contribution is 2.39. The summed E-state index contributed by atoms with van der Waals surface area (Å²) in [6.45, 7) is 3.97. The van der Waals surface area contributed by atoms with E-state index in [2.05, 4.69) is 10.3 Å². The van der Waals surface area contributed by atoms with Gasteiger partial charge in [-0.2, -0.15) is 0 Å². The normalized spacial score (nSPS) is 11.9. The molecule has 1 unspecified atom stereocenters. The number of rotatable bonds is 8. The Bertz CT molecular complexity index is 1700. The quantitative estimate of drug-likeness (QED) is 0.246. The summed E-state index contributed by atoms with van der Waals surface area (Å²) >= 11 is 0. The Labute approximate surface area is 226 Å². The predicted octanol–water partition coefficient (Wildman–Crippen LogP) is 5.60. The SMILES string of the molecule is COc1ccccc1C(=O)NCCc1c(C(c2ccc(C)cc2)c2c(O)cc(C)oc2=O)[nH]c2ccccc12. The zero-order valence-electron chi connectivity index (χ0n) is 22.1. The van der Waals surface area contributed by atoms with Gasteiger partial charge in [-0.05, 0) is 49.6 Å². The first-order valence-corrected chi connectivity index (χ1v) is 12.8. The Morgan fingerprint density at radius 3 is 2.49 bits per heavy atom. The van der Waals surface area contributed by atoms with Gasteiger partial charge < -0.3 is 24.6 Å². The number of nitrogens with one attached hydrogen (secondary N) is 2. The molecule has 0 aliphatic carbocycles. The van der Waals surface area contributed by atoms with Crippen molar-refractivity contribution in [1.82, 2.24) is 10.3 Å². The molecule has 0 spiro atoms. The Hall–Kier alpha value is -4.78. The van der Waals surface area contributed by atoms with Crippen LogP contribution >= 0.6 is 0 Å². The number of H-pyrrole nitrogens is 1. The van der Waals surface area contributed by atoms with Crippen LogP contribution in [0.25, 0.3) is 10.9 Å². The number of para-hydroxylation sites is 2. The summed E-state index contributed by atoms with van der Waals surface area (Å²) < 4.78 is 10.8. The lowest BCUT2D eigenvalue weighted by molar-refractivity contribution is 0.0951. The van der Waals surface area contributed by atoms with Crippen LogP contribution in [-0.2, 0) is 6.42 Å². The largest absolute Gasteiger partial charge is 0.507 e. The summed E-state index contributed by atoms with van der Waals surface area (Å²) in [5.74, 6) is -0.137. The molecule has 7 heteroatoms. The van der Waals surface area contributed by atoms with Crippen LogP contribution in [0, 0.1) is 13.8 Å². The number of aromatic hydroxyl groups is 1. The number of fused-ring (bicyclic) bond motifs is 1. The fourth-order valence-electron chi connectivity index (χ4n) is 5.07. The molecule has 2 heterocycles. The van der Waals surface area contributed by atoms with Crippen molar-refractivity contribution in [2.75, 3.05) is 13.7 Å². The number of aryl methyl sites for hydroxylation is 2. The molecule has 1 amide bonds. The van der Waals surface area contributed by atoms with Crippen molar-refractivity contribution in [3.63, 3.8) is 0 Å². The van der Waals surface area contributed by atoms with Gasteiger partial charge in [-0.1, -0.05) is 60.2 Å². The Kier molecular flexibility index (Phi) is 7.23. The maximum atomic E-state index is 13.2. The molecule has 3 N–H and O–H groups in total. The molecule has 1 atom stereocenters. The number of carbonyl (C=O) groups excluding carboxylic acids is 1. The summed E-state index contributed by atoms with van der Waals surface area (Å²) in [6, 6.07) is 24.3. The van der Waals surface area contributed by atoms with E-state index in [4.69, 9.17) is 9.15 Å². The lowest BCUT2D eigenvalue weighted by atomic mass is 9.85. The van der Waals surface area contributed by atoms with Gasteiger partial charge in [0.25, 0.3) is 5.91 Å². The van der Waals surface area contributed by atoms with Gasteiger partial charge in [0, 0.05) is 29.2 Å². The van der Waals surface area contributed by atoms with Crippen molar-refractivity contribution in [3.8, 4) is 11.5 Å². The highest BCUT2D eigenvalue weighted by atomic mass is 16.5. The van der Waals surface area contributed by atoms with E-state index in [1.807, 2.05) is 61.5 Å². The van der Waals surface area contributed by atoms with Crippen LogP contribution in [0.2, 0.25) is 0 Å². The molecule has 0 aliphatic rings. The fourth-order valence-corrected chi connectivity index (χ4v) is 5.07. The Morgan fingerprint density at radius 2 is 1.74 bits per heavy atom. The van der Waals surface area contributed by atoms with Gasteiger partial charge in [0.2, 0.25) is 0 Å². The first-order chi connectivity index (χ1) is 18.9. The number of carbonyl (C=O) groups is 1. The molecule has 0 saturated heterocycles. The van der Waals surface area contributed by atoms with Crippen LogP contribution in [0.3, 0.4) is 0 Å². The second-order valence-electron chi connectivity index (χ2n) is 9.56. The Morgan fingerprint density at radius 1 is 1.03 bits per heavy atom. The number of benzene rings is 3. The summed E-state index contributed by atoms with van der Waals surface area (Å²) in [7, 11) is 1.53. The minimum Gasteiger partial charge on any atom is -0.507 e. The topological polar surface area (TPSA) is 105 Å². The van der Waals surface area contributed by atoms with E-state index >= 15 is 0 Å². The first-order valence-electron chi connectivity index (χ1n) is 12.8. The molecular formula is C32H30N2O5. The maximum absolute atomic E-state index is 13.2. The van der Waals surface area contributed by atoms with Crippen LogP contribution in [-0.4, -0.2) is 29.7 Å². The van der Waals surface area contributed by atoms with E-state index in [1.165, 1.54) is 13.2 Å². The molecule has 0 aliphatic heterocycles. The number of hydrogen-bond donors (Lipinski definition) is 3. The van der Waals surface area contributed by atoms with Gasteiger partial charge in [0.05, 0.1) is 24.2 Å². The van der Waals surface area contributed by atoms with Crippen LogP contribution in [0.15, 0.2) is 88.1 Å².